The van der Waals surface area contributed by atoms with E-state index in [1.54, 1.807) is 31.6 Å². The lowest BCUT2D eigenvalue weighted by atomic mass is 9.93. The van der Waals surface area contributed by atoms with Crippen molar-refractivity contribution in [2.45, 2.75) is 25.7 Å². The van der Waals surface area contributed by atoms with Crippen LogP contribution in [0.2, 0.25) is 5.02 Å². The minimum absolute atomic E-state index is 0.0241. The Morgan fingerprint density at radius 2 is 2.32 bits per heavy atom. The Balaban J connectivity index is 1.41. The van der Waals surface area contributed by atoms with Crippen LogP contribution < -0.4 is 10.1 Å². The molecule has 1 fully saturated rings. The fourth-order valence-corrected chi connectivity index (χ4v) is 3.82. The topological polar surface area (TPSA) is 54.7 Å². The second-order valence-electron chi connectivity index (χ2n) is 7.12. The van der Waals surface area contributed by atoms with Gasteiger partial charge < -0.3 is 14.5 Å². The van der Waals surface area contributed by atoms with Gasteiger partial charge in [0.1, 0.15) is 11.5 Å². The molecule has 1 amide bonds. The third kappa shape index (κ3) is 6.14. The van der Waals surface area contributed by atoms with Crippen LogP contribution in [-0.4, -0.2) is 37.6 Å². The molecule has 2 heterocycles. The standard InChI is InChI=1S/C22H27ClN2O3/c1-27-21-10-9-18(15-20(21)23)24-22(26)11-8-17-5-2-12-25(16-17)13-3-6-19-7-4-14-28-19/h3-4,6-7,9-10,14-15,17H,2,5,8,11-13,16H2,1H3,(H,24,26)/b6-3+/t17-/m1/s1. The van der Waals surface area contributed by atoms with E-state index in [4.69, 9.17) is 20.8 Å². The van der Waals surface area contributed by atoms with E-state index in [9.17, 15) is 4.79 Å². The van der Waals surface area contributed by atoms with E-state index in [-0.39, 0.29) is 5.91 Å². The molecule has 1 aliphatic rings. The molecule has 150 valence electrons. The van der Waals surface area contributed by atoms with Crippen molar-refractivity contribution in [3.05, 3.63) is 53.5 Å². The number of furan rings is 1. The number of hydrogen-bond donors (Lipinski definition) is 1. The second-order valence-corrected chi connectivity index (χ2v) is 7.53. The molecule has 0 unspecified atom stereocenters. The Bertz CT molecular complexity index is 789. The number of anilines is 1. The van der Waals surface area contributed by atoms with Crippen LogP contribution in [0.4, 0.5) is 5.69 Å². The number of halogens is 1. The molecule has 1 saturated heterocycles. The molecule has 0 radical (unpaired) electrons. The van der Waals surface area contributed by atoms with Gasteiger partial charge in [-0.3, -0.25) is 9.69 Å². The average molecular weight is 403 g/mol. The number of rotatable bonds is 8. The molecule has 3 rings (SSSR count). The highest BCUT2D eigenvalue weighted by molar-refractivity contribution is 6.32. The van der Waals surface area contributed by atoms with Gasteiger partial charge in [0.25, 0.3) is 0 Å². The van der Waals surface area contributed by atoms with E-state index >= 15 is 0 Å². The lowest BCUT2D eigenvalue weighted by molar-refractivity contribution is -0.116. The number of likely N-dealkylation sites (tertiary alicyclic amines) is 1. The molecule has 1 aliphatic heterocycles. The summed E-state index contributed by atoms with van der Waals surface area (Å²) in [6, 6.07) is 9.11. The smallest absolute Gasteiger partial charge is 0.224 e. The molecule has 0 saturated carbocycles. The van der Waals surface area contributed by atoms with Crippen molar-refractivity contribution in [1.29, 1.82) is 0 Å². The number of methoxy groups -OCH3 is 1. The van der Waals surface area contributed by atoms with E-state index < -0.39 is 0 Å². The first-order valence-electron chi connectivity index (χ1n) is 9.70. The summed E-state index contributed by atoms with van der Waals surface area (Å²) in [5, 5.41) is 3.41. The minimum atomic E-state index is 0.0241. The van der Waals surface area contributed by atoms with E-state index in [0.29, 0.717) is 28.8 Å². The number of nitrogens with zero attached hydrogens (tertiary/aromatic N) is 1. The third-order valence-electron chi connectivity index (χ3n) is 5.01. The van der Waals surface area contributed by atoms with Gasteiger partial charge in [-0.05, 0) is 68.1 Å². The lowest BCUT2D eigenvalue weighted by Crippen LogP contribution is -2.35. The molecule has 1 atom stereocenters. The van der Waals surface area contributed by atoms with E-state index in [0.717, 1.165) is 31.8 Å². The predicted octanol–water partition coefficient (Wildman–Crippen LogP) is 5.09. The van der Waals surface area contributed by atoms with E-state index in [1.807, 2.05) is 18.2 Å². The summed E-state index contributed by atoms with van der Waals surface area (Å²) in [4.78, 5) is 14.7. The molecule has 5 nitrogen and oxygen atoms in total. The summed E-state index contributed by atoms with van der Waals surface area (Å²) in [6.45, 7) is 3.05. The first-order valence-corrected chi connectivity index (χ1v) is 10.1. The first kappa shape index (κ1) is 20.5. The Labute approximate surface area is 171 Å². The number of nitrogens with one attached hydrogen (secondary N) is 1. The van der Waals surface area contributed by atoms with Crippen molar-refractivity contribution in [3.63, 3.8) is 0 Å². The van der Waals surface area contributed by atoms with Crippen LogP contribution in [0.1, 0.15) is 31.4 Å². The zero-order valence-corrected chi connectivity index (χ0v) is 17.0. The largest absolute Gasteiger partial charge is 0.495 e. The van der Waals surface area contributed by atoms with Gasteiger partial charge >= 0.3 is 0 Å². The van der Waals surface area contributed by atoms with Crippen LogP contribution in [0.25, 0.3) is 6.08 Å². The van der Waals surface area contributed by atoms with E-state index in [2.05, 4.69) is 16.3 Å². The summed E-state index contributed by atoms with van der Waals surface area (Å²) in [6.07, 6.45) is 9.60. The summed E-state index contributed by atoms with van der Waals surface area (Å²) in [7, 11) is 1.57. The van der Waals surface area contributed by atoms with Gasteiger partial charge in [-0.2, -0.15) is 0 Å². The Morgan fingerprint density at radius 1 is 1.43 bits per heavy atom. The van der Waals surface area contributed by atoms with Crippen molar-refractivity contribution in [2.24, 2.45) is 5.92 Å². The minimum Gasteiger partial charge on any atom is -0.495 e. The Hall–Kier alpha value is -2.24. The maximum absolute atomic E-state index is 12.3. The molecule has 1 aromatic heterocycles. The maximum Gasteiger partial charge on any atom is 0.224 e. The van der Waals surface area contributed by atoms with Crippen LogP contribution in [0.3, 0.4) is 0 Å². The number of carbonyl (C=O) groups excluding carboxylic acids is 1. The number of ether oxygens (including phenoxy) is 1. The highest BCUT2D eigenvalue weighted by atomic mass is 35.5. The molecule has 1 aromatic carbocycles. The van der Waals surface area contributed by atoms with Crippen molar-refractivity contribution in [2.75, 3.05) is 32.1 Å². The molecular weight excluding hydrogens is 376 g/mol. The number of benzene rings is 1. The summed E-state index contributed by atoms with van der Waals surface area (Å²) < 4.78 is 10.4. The van der Waals surface area contributed by atoms with Gasteiger partial charge in [0.2, 0.25) is 5.91 Å². The van der Waals surface area contributed by atoms with Crippen molar-refractivity contribution >= 4 is 29.3 Å². The predicted molar refractivity (Wildman–Crippen MR) is 113 cm³/mol. The molecule has 28 heavy (non-hydrogen) atoms. The first-order chi connectivity index (χ1) is 13.6. The molecule has 0 bridgehead atoms. The summed E-state index contributed by atoms with van der Waals surface area (Å²) >= 11 is 6.11. The number of carbonyl (C=O) groups is 1. The fraction of sp³-hybridized carbons (Fsp3) is 0.409. The molecule has 2 aromatic rings. The molecule has 0 spiro atoms. The normalized spacial score (nSPS) is 17.7. The highest BCUT2D eigenvalue weighted by Gasteiger charge is 2.20. The molecule has 1 N–H and O–H groups in total. The summed E-state index contributed by atoms with van der Waals surface area (Å²) in [5.74, 6) is 2.05. The van der Waals surface area contributed by atoms with Crippen LogP contribution >= 0.6 is 11.6 Å². The third-order valence-corrected chi connectivity index (χ3v) is 5.30. The molecule has 6 heteroatoms. The van der Waals surface area contributed by atoms with Gasteiger partial charge in [-0.25, -0.2) is 0 Å². The van der Waals surface area contributed by atoms with Gasteiger partial charge in [0, 0.05) is 25.2 Å². The quantitative estimate of drug-likeness (QED) is 0.668. The maximum atomic E-state index is 12.3. The monoisotopic (exact) mass is 402 g/mol. The van der Waals surface area contributed by atoms with Gasteiger partial charge in [-0.15, -0.1) is 0 Å². The highest BCUT2D eigenvalue weighted by Crippen LogP contribution is 2.27. The fourth-order valence-electron chi connectivity index (χ4n) is 3.56. The number of piperidine rings is 1. The SMILES string of the molecule is COc1ccc(NC(=O)CC[C@H]2CCCN(C/C=C/c3ccco3)C2)cc1Cl. The van der Waals surface area contributed by atoms with Crippen molar-refractivity contribution in [3.8, 4) is 5.75 Å². The second kappa shape index (κ2) is 10.3. The lowest BCUT2D eigenvalue weighted by Gasteiger charge is -2.31. The van der Waals surface area contributed by atoms with Crippen LogP contribution in [0.15, 0.2) is 47.1 Å². The van der Waals surface area contributed by atoms with Crippen LogP contribution in [0.5, 0.6) is 5.75 Å². The zero-order valence-electron chi connectivity index (χ0n) is 16.2. The summed E-state index contributed by atoms with van der Waals surface area (Å²) in [5.41, 5.74) is 0.698. The van der Waals surface area contributed by atoms with Gasteiger partial charge in [0.15, 0.2) is 0 Å². The molecular formula is C22H27ClN2O3. The van der Waals surface area contributed by atoms with Gasteiger partial charge in [0.05, 0.1) is 18.4 Å². The zero-order chi connectivity index (χ0) is 19.8. The van der Waals surface area contributed by atoms with Crippen molar-refractivity contribution in [1.82, 2.24) is 4.90 Å². The number of hydrogen-bond acceptors (Lipinski definition) is 4. The van der Waals surface area contributed by atoms with Gasteiger partial charge in [-0.1, -0.05) is 17.7 Å². The Kier molecular flexibility index (Phi) is 7.57. The molecule has 0 aliphatic carbocycles. The number of amides is 1. The van der Waals surface area contributed by atoms with Crippen LogP contribution in [0, 0.1) is 5.92 Å². The van der Waals surface area contributed by atoms with Crippen molar-refractivity contribution < 1.29 is 13.9 Å². The van der Waals surface area contributed by atoms with E-state index in [1.165, 1.54) is 12.8 Å². The Morgan fingerprint density at radius 3 is 3.07 bits per heavy atom. The average Bonchev–Trinajstić information content (AvgIpc) is 3.20. The van der Waals surface area contributed by atoms with Crippen LogP contribution in [-0.2, 0) is 4.79 Å².